The van der Waals surface area contributed by atoms with E-state index in [4.69, 9.17) is 9.72 Å². The predicted molar refractivity (Wildman–Crippen MR) is 159 cm³/mol. The van der Waals surface area contributed by atoms with Crippen LogP contribution in [0.4, 0.5) is 17.3 Å². The van der Waals surface area contributed by atoms with Crippen molar-refractivity contribution in [2.45, 2.75) is 26.8 Å². The maximum Gasteiger partial charge on any atom is 0.298 e. The topological polar surface area (TPSA) is 101 Å². The zero-order valence-electron chi connectivity index (χ0n) is 23.4. The fourth-order valence-corrected chi connectivity index (χ4v) is 5.13. The largest absolute Gasteiger partial charge is 0.457 e. The van der Waals surface area contributed by atoms with Crippen LogP contribution < -0.4 is 15.0 Å². The molecule has 1 aliphatic rings. The first kappa shape index (κ1) is 26.1. The van der Waals surface area contributed by atoms with E-state index in [0.717, 1.165) is 45.1 Å². The molecule has 0 aliphatic carbocycles. The first-order chi connectivity index (χ1) is 19.9. The lowest BCUT2D eigenvalue weighted by atomic mass is 10.2. The normalized spacial score (nSPS) is 15.1. The van der Waals surface area contributed by atoms with E-state index in [1.54, 1.807) is 13.3 Å². The number of carbonyl (C=O) groups is 1. The van der Waals surface area contributed by atoms with Gasteiger partial charge >= 0.3 is 0 Å². The zero-order valence-corrected chi connectivity index (χ0v) is 23.4. The number of pyridine rings is 1. The molecule has 206 valence electrons. The number of anilines is 3. The Bertz CT molecular complexity index is 1840. The Hall–Kier alpha value is -5.17. The van der Waals surface area contributed by atoms with Gasteiger partial charge < -0.3 is 24.4 Å². The Balaban J connectivity index is 1.21. The summed E-state index contributed by atoms with van der Waals surface area (Å²) in [6.45, 7) is 7.65. The molecule has 10 heteroatoms. The third-order valence-electron chi connectivity index (χ3n) is 7.27. The molecule has 0 bridgehead atoms. The van der Waals surface area contributed by atoms with Crippen LogP contribution in [0.15, 0.2) is 61.2 Å². The summed E-state index contributed by atoms with van der Waals surface area (Å²) in [7, 11) is 1.97. The van der Waals surface area contributed by atoms with Crippen LogP contribution in [0.3, 0.4) is 0 Å². The molecule has 6 rings (SSSR count). The van der Waals surface area contributed by atoms with Crippen molar-refractivity contribution in [1.82, 2.24) is 29.4 Å². The zero-order chi connectivity index (χ0) is 28.5. The van der Waals surface area contributed by atoms with E-state index in [0.29, 0.717) is 31.0 Å². The number of imidazole rings is 1. The molecule has 4 heterocycles. The van der Waals surface area contributed by atoms with Gasteiger partial charge in [-0.15, -0.1) is 0 Å². The number of nitrogens with one attached hydrogen (secondary N) is 1. The number of aromatic nitrogens is 5. The van der Waals surface area contributed by atoms with Crippen molar-refractivity contribution in [2.24, 2.45) is 7.05 Å². The van der Waals surface area contributed by atoms with Crippen LogP contribution in [0.5, 0.6) is 11.5 Å². The van der Waals surface area contributed by atoms with Gasteiger partial charge in [-0.1, -0.05) is 5.92 Å². The molecule has 1 amide bonds. The van der Waals surface area contributed by atoms with E-state index in [2.05, 4.69) is 37.0 Å². The summed E-state index contributed by atoms with van der Waals surface area (Å²) in [4.78, 5) is 34.6. The summed E-state index contributed by atoms with van der Waals surface area (Å²) in [5.74, 6) is 8.14. The van der Waals surface area contributed by atoms with Gasteiger partial charge in [0.15, 0.2) is 5.82 Å². The van der Waals surface area contributed by atoms with Gasteiger partial charge in [0.2, 0.25) is 0 Å². The maximum absolute atomic E-state index is 12.3. The highest BCUT2D eigenvalue weighted by molar-refractivity contribution is 5.94. The van der Waals surface area contributed by atoms with Crippen LogP contribution in [0.25, 0.3) is 22.1 Å². The van der Waals surface area contributed by atoms with Gasteiger partial charge in [0.25, 0.3) is 5.91 Å². The number of nitrogens with zero attached hydrogens (tertiary/aromatic N) is 7. The second kappa shape index (κ2) is 10.8. The SMILES string of the molecule is CC#CC(=O)N1CCN(c2ccc3ncnc(Nc4ccc(Oc5ccc6c(c5)ncn6C)c(C)c4)c3n2)C[C@H]1C. The fourth-order valence-electron chi connectivity index (χ4n) is 5.13. The Morgan fingerprint density at radius 3 is 2.73 bits per heavy atom. The number of carbonyl (C=O) groups excluding carboxylic acids is 1. The quantitative estimate of drug-likeness (QED) is 0.313. The second-order valence-electron chi connectivity index (χ2n) is 10.1. The van der Waals surface area contributed by atoms with E-state index < -0.39 is 0 Å². The lowest BCUT2D eigenvalue weighted by molar-refractivity contribution is -0.127. The molecule has 1 N–H and O–H groups in total. The molecular formula is C31H30N8O2. The van der Waals surface area contributed by atoms with Gasteiger partial charge in [-0.25, -0.2) is 19.9 Å². The van der Waals surface area contributed by atoms with Crippen molar-refractivity contribution < 1.29 is 9.53 Å². The summed E-state index contributed by atoms with van der Waals surface area (Å²) in [6.07, 6.45) is 3.33. The van der Waals surface area contributed by atoms with Crippen LogP contribution in [0.1, 0.15) is 19.4 Å². The lowest BCUT2D eigenvalue weighted by Crippen LogP contribution is -2.54. The third-order valence-corrected chi connectivity index (χ3v) is 7.27. The van der Waals surface area contributed by atoms with Gasteiger partial charge in [0.1, 0.15) is 29.2 Å². The van der Waals surface area contributed by atoms with Crippen LogP contribution in [-0.2, 0) is 11.8 Å². The standard InChI is InChI=1S/C31H30N8O2/c1-5-6-29(40)39-14-13-38(17-21(39)3)28-12-9-24-30(36-28)31(33-18-32-24)35-22-7-11-27(20(2)15-22)41-23-8-10-26-25(16-23)34-19-37(26)4/h7-12,15-16,18-19,21H,13-14,17H2,1-4H3,(H,32,33,35)/t21-/m1/s1. The Morgan fingerprint density at radius 1 is 1.05 bits per heavy atom. The molecule has 0 spiro atoms. The number of amides is 1. The molecule has 1 saturated heterocycles. The highest BCUT2D eigenvalue weighted by atomic mass is 16.5. The van der Waals surface area contributed by atoms with Gasteiger partial charge in [0, 0.05) is 44.5 Å². The summed E-state index contributed by atoms with van der Waals surface area (Å²) in [5.41, 5.74) is 5.19. The number of piperazine rings is 1. The summed E-state index contributed by atoms with van der Waals surface area (Å²) >= 11 is 0. The predicted octanol–water partition coefficient (Wildman–Crippen LogP) is 4.82. The van der Waals surface area contributed by atoms with Crippen LogP contribution in [0, 0.1) is 18.8 Å². The molecule has 0 saturated carbocycles. The highest BCUT2D eigenvalue weighted by Crippen LogP contribution is 2.31. The molecule has 5 aromatic rings. The molecule has 1 fully saturated rings. The minimum absolute atomic E-state index is 0.0220. The molecule has 41 heavy (non-hydrogen) atoms. The molecule has 0 radical (unpaired) electrons. The minimum Gasteiger partial charge on any atom is -0.457 e. The average molecular weight is 547 g/mol. The molecule has 1 atom stereocenters. The first-order valence-corrected chi connectivity index (χ1v) is 13.5. The van der Waals surface area contributed by atoms with E-state index in [-0.39, 0.29) is 11.9 Å². The highest BCUT2D eigenvalue weighted by Gasteiger charge is 2.27. The number of rotatable bonds is 5. The van der Waals surface area contributed by atoms with E-state index in [9.17, 15) is 4.79 Å². The average Bonchev–Trinajstić information content (AvgIpc) is 3.34. The lowest BCUT2D eigenvalue weighted by Gasteiger charge is -2.39. The summed E-state index contributed by atoms with van der Waals surface area (Å²) in [6, 6.07) is 15.7. The van der Waals surface area contributed by atoms with Gasteiger partial charge in [0.05, 0.1) is 22.9 Å². The number of benzene rings is 2. The molecule has 0 unspecified atom stereocenters. The van der Waals surface area contributed by atoms with Crippen LogP contribution in [0.2, 0.25) is 0 Å². The molecule has 1 aliphatic heterocycles. The summed E-state index contributed by atoms with van der Waals surface area (Å²) < 4.78 is 8.16. The maximum atomic E-state index is 12.3. The van der Waals surface area contributed by atoms with E-state index in [1.165, 1.54) is 6.33 Å². The van der Waals surface area contributed by atoms with Gasteiger partial charge in [-0.05, 0) is 74.7 Å². The second-order valence-corrected chi connectivity index (χ2v) is 10.1. The van der Waals surface area contributed by atoms with E-state index in [1.807, 2.05) is 78.9 Å². The van der Waals surface area contributed by atoms with Gasteiger partial charge in [-0.3, -0.25) is 4.79 Å². The van der Waals surface area contributed by atoms with Crippen molar-refractivity contribution in [3.63, 3.8) is 0 Å². The number of fused-ring (bicyclic) bond motifs is 2. The monoisotopic (exact) mass is 546 g/mol. The Morgan fingerprint density at radius 2 is 1.93 bits per heavy atom. The number of hydrogen-bond acceptors (Lipinski definition) is 8. The van der Waals surface area contributed by atoms with Crippen molar-refractivity contribution in [2.75, 3.05) is 29.9 Å². The molecule has 3 aromatic heterocycles. The van der Waals surface area contributed by atoms with Crippen molar-refractivity contribution in [3.05, 3.63) is 66.7 Å². The molecule has 2 aromatic carbocycles. The minimum atomic E-state index is -0.132. The number of ether oxygens (including phenoxy) is 1. The first-order valence-electron chi connectivity index (χ1n) is 13.5. The smallest absolute Gasteiger partial charge is 0.298 e. The molecule has 10 nitrogen and oxygen atoms in total. The number of aryl methyl sites for hydroxylation is 2. The molecular weight excluding hydrogens is 516 g/mol. The summed E-state index contributed by atoms with van der Waals surface area (Å²) in [5, 5.41) is 3.41. The van der Waals surface area contributed by atoms with Crippen LogP contribution >= 0.6 is 0 Å². The number of hydrogen-bond donors (Lipinski definition) is 1. The van der Waals surface area contributed by atoms with Crippen molar-refractivity contribution in [1.29, 1.82) is 0 Å². The Labute approximate surface area is 238 Å². The van der Waals surface area contributed by atoms with Crippen molar-refractivity contribution >= 4 is 45.3 Å². The fraction of sp³-hybridized carbons (Fsp3) is 0.258. The van der Waals surface area contributed by atoms with E-state index >= 15 is 0 Å². The Kier molecular flexibility index (Phi) is 6.85. The van der Waals surface area contributed by atoms with Crippen molar-refractivity contribution in [3.8, 4) is 23.3 Å². The third kappa shape index (κ3) is 5.22. The van der Waals surface area contributed by atoms with Gasteiger partial charge in [-0.2, -0.15) is 0 Å². The van der Waals surface area contributed by atoms with Crippen LogP contribution in [-0.4, -0.2) is 61.0 Å².